The van der Waals surface area contributed by atoms with Crippen molar-refractivity contribution in [2.75, 3.05) is 0 Å². The maximum Gasteiger partial charge on any atom is 0.292 e. The summed E-state index contributed by atoms with van der Waals surface area (Å²) in [6.07, 6.45) is 6.44. The van der Waals surface area contributed by atoms with Crippen LogP contribution in [0.4, 0.5) is 0 Å². The summed E-state index contributed by atoms with van der Waals surface area (Å²) >= 11 is 0. The van der Waals surface area contributed by atoms with Crippen molar-refractivity contribution in [3.63, 3.8) is 0 Å². The minimum Gasteiger partial charge on any atom is -0.346 e. The Kier molecular flexibility index (Phi) is 4.72. The molecule has 1 saturated carbocycles. The second-order valence-electron chi connectivity index (χ2n) is 5.19. The van der Waals surface area contributed by atoms with E-state index < -0.39 is 11.7 Å². The zero-order valence-electron chi connectivity index (χ0n) is 11.4. The first-order valence-electron chi connectivity index (χ1n) is 7.15. The molecule has 0 unspecified atom stereocenters. The summed E-state index contributed by atoms with van der Waals surface area (Å²) in [6, 6.07) is 7.46. The lowest BCUT2D eigenvalue weighted by Crippen LogP contribution is -2.40. The summed E-state index contributed by atoms with van der Waals surface area (Å²) in [7, 11) is 0. The molecule has 0 saturated heterocycles. The average Bonchev–Trinajstić information content (AvgIpc) is 2.47. The van der Waals surface area contributed by atoms with Crippen molar-refractivity contribution < 1.29 is 9.59 Å². The highest BCUT2D eigenvalue weighted by molar-refractivity contribution is 6.42. The van der Waals surface area contributed by atoms with Crippen LogP contribution >= 0.6 is 0 Å². The number of nitrogens with one attached hydrogen (secondary N) is 1. The first kappa shape index (κ1) is 13.8. The van der Waals surface area contributed by atoms with Gasteiger partial charge < -0.3 is 5.32 Å². The van der Waals surface area contributed by atoms with Crippen LogP contribution in [0, 0.1) is 0 Å². The van der Waals surface area contributed by atoms with E-state index in [4.69, 9.17) is 0 Å². The minimum absolute atomic E-state index is 0.181. The van der Waals surface area contributed by atoms with Gasteiger partial charge in [-0.15, -0.1) is 0 Å². The van der Waals surface area contributed by atoms with E-state index in [1.165, 1.54) is 12.0 Å². The predicted octanol–water partition coefficient (Wildman–Crippen LogP) is 2.88. The second kappa shape index (κ2) is 6.50. The average molecular weight is 259 g/mol. The maximum absolute atomic E-state index is 12.0. The summed E-state index contributed by atoms with van der Waals surface area (Å²) in [5.41, 5.74) is 1.65. The van der Waals surface area contributed by atoms with Gasteiger partial charge in [0, 0.05) is 11.6 Å². The molecule has 102 valence electrons. The first-order chi connectivity index (χ1) is 9.20. The molecule has 1 fully saturated rings. The third-order valence-corrected chi connectivity index (χ3v) is 3.77. The minimum atomic E-state index is -0.462. The molecule has 0 bridgehead atoms. The van der Waals surface area contributed by atoms with Crippen LogP contribution < -0.4 is 5.32 Å². The van der Waals surface area contributed by atoms with E-state index in [-0.39, 0.29) is 6.04 Å². The molecule has 19 heavy (non-hydrogen) atoms. The van der Waals surface area contributed by atoms with E-state index in [9.17, 15) is 9.59 Å². The number of Topliss-reactive ketones (excluding diaryl/α,β-unsaturated/α-hetero) is 1. The fourth-order valence-corrected chi connectivity index (χ4v) is 2.52. The van der Waals surface area contributed by atoms with E-state index >= 15 is 0 Å². The van der Waals surface area contributed by atoms with Gasteiger partial charge in [-0.3, -0.25) is 9.59 Å². The Bertz CT molecular complexity index is 444. The van der Waals surface area contributed by atoms with Gasteiger partial charge in [-0.25, -0.2) is 0 Å². The summed E-state index contributed by atoms with van der Waals surface area (Å²) in [6.45, 7) is 2.06. The smallest absolute Gasteiger partial charge is 0.292 e. The Balaban J connectivity index is 1.95. The highest BCUT2D eigenvalue weighted by atomic mass is 16.2. The Hall–Kier alpha value is -1.64. The molecule has 3 heteroatoms. The Labute approximate surface area is 114 Å². The molecule has 0 atom stereocenters. The summed E-state index contributed by atoms with van der Waals surface area (Å²) in [5, 5.41) is 2.86. The molecule has 1 N–H and O–H groups in total. The van der Waals surface area contributed by atoms with Crippen LogP contribution in [0.2, 0.25) is 0 Å². The molecule has 0 spiro atoms. The van der Waals surface area contributed by atoms with Crippen LogP contribution in [0.1, 0.15) is 54.9 Å². The topological polar surface area (TPSA) is 46.2 Å². The lowest BCUT2D eigenvalue weighted by Gasteiger charge is -2.22. The van der Waals surface area contributed by atoms with Gasteiger partial charge >= 0.3 is 0 Å². The lowest BCUT2D eigenvalue weighted by atomic mass is 9.95. The standard InChI is InChI=1S/C16H21NO2/c1-2-12-8-10-13(11-9-12)15(18)16(19)17-14-6-4-3-5-7-14/h8-11,14H,2-7H2,1H3,(H,17,19). The van der Waals surface area contributed by atoms with Crippen molar-refractivity contribution in [3.8, 4) is 0 Å². The summed E-state index contributed by atoms with van der Waals surface area (Å²) < 4.78 is 0. The van der Waals surface area contributed by atoms with Crippen LogP contribution in [0.3, 0.4) is 0 Å². The van der Waals surface area contributed by atoms with Gasteiger partial charge in [0.1, 0.15) is 0 Å². The normalized spacial score (nSPS) is 16.1. The Morgan fingerprint density at radius 1 is 1.11 bits per heavy atom. The third-order valence-electron chi connectivity index (χ3n) is 3.77. The second-order valence-corrected chi connectivity index (χ2v) is 5.19. The molecule has 1 amide bonds. The van der Waals surface area contributed by atoms with Crippen molar-refractivity contribution in [3.05, 3.63) is 35.4 Å². The van der Waals surface area contributed by atoms with Gasteiger partial charge in [-0.05, 0) is 24.8 Å². The molecule has 0 radical (unpaired) electrons. The molecule has 0 heterocycles. The highest BCUT2D eigenvalue weighted by Gasteiger charge is 2.21. The molecular weight excluding hydrogens is 238 g/mol. The zero-order valence-corrected chi connectivity index (χ0v) is 11.4. The highest BCUT2D eigenvalue weighted by Crippen LogP contribution is 2.17. The third kappa shape index (κ3) is 3.66. The van der Waals surface area contributed by atoms with Crippen molar-refractivity contribution in [2.24, 2.45) is 0 Å². The number of hydrogen-bond acceptors (Lipinski definition) is 2. The van der Waals surface area contributed by atoms with E-state index in [0.717, 1.165) is 32.1 Å². The molecule has 1 aliphatic carbocycles. The fraction of sp³-hybridized carbons (Fsp3) is 0.500. The number of benzene rings is 1. The van der Waals surface area contributed by atoms with E-state index in [1.807, 2.05) is 12.1 Å². The number of ketones is 1. The van der Waals surface area contributed by atoms with E-state index in [1.54, 1.807) is 12.1 Å². The summed E-state index contributed by atoms with van der Waals surface area (Å²) in [4.78, 5) is 23.9. The number of amides is 1. The molecule has 0 aliphatic heterocycles. The van der Waals surface area contributed by atoms with E-state index in [0.29, 0.717) is 5.56 Å². The van der Waals surface area contributed by atoms with Crippen LogP contribution in [0.15, 0.2) is 24.3 Å². The summed E-state index contributed by atoms with van der Waals surface area (Å²) in [5.74, 6) is -0.885. The Morgan fingerprint density at radius 2 is 1.74 bits per heavy atom. The number of carbonyl (C=O) groups is 2. The van der Waals surface area contributed by atoms with E-state index in [2.05, 4.69) is 12.2 Å². The molecule has 3 nitrogen and oxygen atoms in total. The fourth-order valence-electron chi connectivity index (χ4n) is 2.52. The first-order valence-corrected chi connectivity index (χ1v) is 7.15. The van der Waals surface area contributed by atoms with Gasteiger partial charge in [0.25, 0.3) is 5.91 Å². The zero-order chi connectivity index (χ0) is 13.7. The van der Waals surface area contributed by atoms with Crippen molar-refractivity contribution in [1.29, 1.82) is 0 Å². The lowest BCUT2D eigenvalue weighted by molar-refractivity contribution is -0.117. The molecule has 1 aromatic carbocycles. The van der Waals surface area contributed by atoms with Gasteiger partial charge in [-0.2, -0.15) is 0 Å². The van der Waals surface area contributed by atoms with Crippen LogP contribution in [-0.2, 0) is 11.2 Å². The van der Waals surface area contributed by atoms with Gasteiger partial charge in [-0.1, -0.05) is 50.5 Å². The van der Waals surface area contributed by atoms with Crippen molar-refractivity contribution in [1.82, 2.24) is 5.32 Å². The maximum atomic E-state index is 12.0. The monoisotopic (exact) mass is 259 g/mol. The quantitative estimate of drug-likeness (QED) is 0.667. The number of rotatable bonds is 4. The molecule has 1 aromatic rings. The predicted molar refractivity (Wildman–Crippen MR) is 75.2 cm³/mol. The van der Waals surface area contributed by atoms with Crippen LogP contribution in [-0.4, -0.2) is 17.7 Å². The van der Waals surface area contributed by atoms with Gasteiger partial charge in [0.15, 0.2) is 0 Å². The number of carbonyl (C=O) groups excluding carboxylic acids is 2. The number of hydrogen-bond donors (Lipinski definition) is 1. The van der Waals surface area contributed by atoms with Gasteiger partial charge in [0.2, 0.25) is 5.78 Å². The van der Waals surface area contributed by atoms with Gasteiger partial charge in [0.05, 0.1) is 0 Å². The largest absolute Gasteiger partial charge is 0.346 e. The van der Waals surface area contributed by atoms with Crippen molar-refractivity contribution >= 4 is 11.7 Å². The molecular formula is C16H21NO2. The number of aryl methyl sites for hydroxylation is 1. The SMILES string of the molecule is CCc1ccc(C(=O)C(=O)NC2CCCCC2)cc1. The van der Waals surface area contributed by atoms with Crippen LogP contribution in [0.5, 0.6) is 0 Å². The molecule has 2 rings (SSSR count). The Morgan fingerprint density at radius 3 is 2.32 bits per heavy atom. The molecule has 1 aliphatic rings. The van der Waals surface area contributed by atoms with Crippen molar-refractivity contribution in [2.45, 2.75) is 51.5 Å². The molecule has 0 aromatic heterocycles. The van der Waals surface area contributed by atoms with Crippen LogP contribution in [0.25, 0.3) is 0 Å².